The number of aromatic hydroxyl groups is 1. The number of anilines is 1. The predicted octanol–water partition coefficient (Wildman–Crippen LogP) is 2.67. The molecular weight excluding hydrogens is 392 g/mol. The van der Waals surface area contributed by atoms with E-state index in [1.54, 1.807) is 36.1 Å². The molecule has 2 heterocycles. The Bertz CT molecular complexity index is 1180. The summed E-state index contributed by atoms with van der Waals surface area (Å²) in [6, 6.07) is 10.7. The number of thiazole rings is 1. The van der Waals surface area contributed by atoms with Crippen LogP contribution in [0.4, 0.5) is 5.69 Å². The largest absolute Gasteiger partial charge is 0.504 e. The van der Waals surface area contributed by atoms with Crippen molar-refractivity contribution in [1.29, 1.82) is 0 Å². The SMILES string of the molecule is CN=c1scc(-c2ccc3c(c2)NC(=O)CO3)n1N=Cc1cccc(OC)c1O. The highest BCUT2D eigenvalue weighted by molar-refractivity contribution is 7.07. The van der Waals surface area contributed by atoms with Gasteiger partial charge in [0.05, 0.1) is 24.7 Å². The van der Waals surface area contributed by atoms with Crippen LogP contribution >= 0.6 is 11.3 Å². The number of nitrogens with zero attached hydrogens (tertiary/aromatic N) is 3. The number of hydrogen-bond donors (Lipinski definition) is 2. The van der Waals surface area contributed by atoms with Crippen molar-refractivity contribution >= 4 is 29.1 Å². The van der Waals surface area contributed by atoms with Crippen LogP contribution in [0.3, 0.4) is 0 Å². The minimum atomic E-state index is -0.191. The Kier molecular flexibility index (Phi) is 5.05. The molecule has 148 valence electrons. The summed E-state index contributed by atoms with van der Waals surface area (Å²) in [6.07, 6.45) is 1.55. The molecule has 2 aromatic carbocycles. The number of rotatable bonds is 4. The average molecular weight is 410 g/mol. The summed E-state index contributed by atoms with van der Waals surface area (Å²) in [5, 5.41) is 19.5. The van der Waals surface area contributed by atoms with Gasteiger partial charge in [0, 0.05) is 23.6 Å². The van der Waals surface area contributed by atoms with Gasteiger partial charge in [0.1, 0.15) is 5.75 Å². The Morgan fingerprint density at radius 3 is 3.00 bits per heavy atom. The number of benzene rings is 2. The van der Waals surface area contributed by atoms with E-state index in [2.05, 4.69) is 15.4 Å². The van der Waals surface area contributed by atoms with Crippen LogP contribution in [0.2, 0.25) is 0 Å². The molecule has 0 spiro atoms. The van der Waals surface area contributed by atoms with E-state index < -0.39 is 0 Å². The van der Waals surface area contributed by atoms with Crippen LogP contribution in [-0.4, -0.2) is 42.7 Å². The van der Waals surface area contributed by atoms with Gasteiger partial charge in [0.15, 0.2) is 18.1 Å². The first-order chi connectivity index (χ1) is 14.1. The van der Waals surface area contributed by atoms with Gasteiger partial charge in [-0.3, -0.25) is 9.79 Å². The van der Waals surface area contributed by atoms with E-state index in [0.717, 1.165) is 11.3 Å². The Labute approximate surface area is 170 Å². The molecule has 9 heteroatoms. The lowest BCUT2D eigenvalue weighted by atomic mass is 10.1. The lowest BCUT2D eigenvalue weighted by molar-refractivity contribution is -0.118. The number of aromatic nitrogens is 1. The second-order valence-corrected chi connectivity index (χ2v) is 6.97. The molecule has 1 amide bonds. The van der Waals surface area contributed by atoms with E-state index in [1.165, 1.54) is 18.4 Å². The van der Waals surface area contributed by atoms with E-state index in [1.807, 2.05) is 23.6 Å². The Balaban J connectivity index is 1.76. The summed E-state index contributed by atoms with van der Waals surface area (Å²) in [5.74, 6) is 0.819. The number of ether oxygens (including phenoxy) is 2. The van der Waals surface area contributed by atoms with Gasteiger partial charge in [-0.25, -0.2) is 4.68 Å². The number of carbonyl (C=O) groups excluding carboxylic acids is 1. The van der Waals surface area contributed by atoms with Gasteiger partial charge in [0.2, 0.25) is 4.80 Å². The normalized spacial score (nSPS) is 13.9. The minimum absolute atomic E-state index is 0.0119. The van der Waals surface area contributed by atoms with Crippen molar-refractivity contribution in [2.45, 2.75) is 0 Å². The van der Waals surface area contributed by atoms with Crippen LogP contribution < -0.4 is 19.6 Å². The first-order valence-electron chi connectivity index (χ1n) is 8.71. The van der Waals surface area contributed by atoms with Crippen LogP contribution in [0.25, 0.3) is 11.3 Å². The van der Waals surface area contributed by atoms with Gasteiger partial charge >= 0.3 is 0 Å². The third-order valence-electron chi connectivity index (χ3n) is 4.35. The third-order valence-corrected chi connectivity index (χ3v) is 5.25. The van der Waals surface area contributed by atoms with Crippen molar-refractivity contribution in [3.63, 3.8) is 0 Å². The zero-order valence-corrected chi connectivity index (χ0v) is 16.6. The predicted molar refractivity (Wildman–Crippen MR) is 111 cm³/mol. The molecule has 0 radical (unpaired) electrons. The highest BCUT2D eigenvalue weighted by atomic mass is 32.1. The highest BCUT2D eigenvalue weighted by Crippen LogP contribution is 2.33. The van der Waals surface area contributed by atoms with Gasteiger partial charge in [-0.15, -0.1) is 11.3 Å². The molecule has 4 rings (SSSR count). The first kappa shape index (κ1) is 18.8. The zero-order valence-electron chi connectivity index (χ0n) is 15.7. The maximum Gasteiger partial charge on any atom is 0.262 e. The van der Waals surface area contributed by atoms with Gasteiger partial charge in [-0.2, -0.15) is 5.10 Å². The van der Waals surface area contributed by atoms with E-state index in [4.69, 9.17) is 9.47 Å². The fourth-order valence-electron chi connectivity index (χ4n) is 2.93. The molecule has 1 aliphatic heterocycles. The maximum absolute atomic E-state index is 11.6. The number of carbonyl (C=O) groups is 1. The minimum Gasteiger partial charge on any atom is -0.504 e. The fraction of sp³-hybridized carbons (Fsp3) is 0.150. The van der Waals surface area contributed by atoms with Crippen LogP contribution in [0.15, 0.2) is 51.9 Å². The van der Waals surface area contributed by atoms with Crippen molar-refractivity contribution in [3.05, 3.63) is 52.1 Å². The summed E-state index contributed by atoms with van der Waals surface area (Å²) >= 11 is 1.43. The molecule has 1 aromatic heterocycles. The molecule has 0 unspecified atom stereocenters. The van der Waals surface area contributed by atoms with E-state index in [-0.39, 0.29) is 18.3 Å². The lowest BCUT2D eigenvalue weighted by Crippen LogP contribution is -2.25. The van der Waals surface area contributed by atoms with Gasteiger partial charge in [0.25, 0.3) is 5.91 Å². The van der Waals surface area contributed by atoms with Crippen LogP contribution in [0.5, 0.6) is 17.2 Å². The van der Waals surface area contributed by atoms with Crippen LogP contribution in [0.1, 0.15) is 5.56 Å². The molecule has 0 saturated carbocycles. The topological polar surface area (TPSA) is 97.4 Å². The van der Waals surface area contributed by atoms with E-state index >= 15 is 0 Å². The summed E-state index contributed by atoms with van der Waals surface area (Å²) < 4.78 is 12.2. The quantitative estimate of drug-likeness (QED) is 0.646. The Hall–Kier alpha value is -3.59. The monoisotopic (exact) mass is 410 g/mol. The summed E-state index contributed by atoms with van der Waals surface area (Å²) in [7, 11) is 3.18. The molecule has 29 heavy (non-hydrogen) atoms. The fourth-order valence-corrected chi connectivity index (χ4v) is 3.74. The number of nitrogens with one attached hydrogen (secondary N) is 1. The molecule has 0 saturated heterocycles. The van der Waals surface area contributed by atoms with Crippen molar-refractivity contribution in [2.24, 2.45) is 10.1 Å². The van der Waals surface area contributed by atoms with Gasteiger partial charge in [-0.1, -0.05) is 6.07 Å². The van der Waals surface area contributed by atoms with Gasteiger partial charge < -0.3 is 19.9 Å². The second kappa shape index (κ2) is 7.80. The maximum atomic E-state index is 11.6. The molecule has 0 aliphatic carbocycles. The number of phenols is 1. The highest BCUT2D eigenvalue weighted by Gasteiger charge is 2.17. The molecule has 8 nitrogen and oxygen atoms in total. The Morgan fingerprint density at radius 2 is 2.21 bits per heavy atom. The van der Waals surface area contributed by atoms with Crippen LogP contribution in [0, 0.1) is 0 Å². The summed E-state index contributed by atoms with van der Waals surface area (Å²) in [6.45, 7) is 0.0119. The molecule has 1 aliphatic rings. The molecule has 0 fully saturated rings. The summed E-state index contributed by atoms with van der Waals surface area (Å²) in [5.41, 5.74) is 2.76. The molecule has 0 atom stereocenters. The molecule has 3 aromatic rings. The summed E-state index contributed by atoms with van der Waals surface area (Å²) in [4.78, 5) is 16.6. The average Bonchev–Trinajstić information content (AvgIpc) is 3.15. The third kappa shape index (κ3) is 3.59. The van der Waals surface area contributed by atoms with Crippen molar-refractivity contribution in [2.75, 3.05) is 26.1 Å². The molecule has 0 bridgehead atoms. The standard InChI is InChI=1S/C20H18N4O4S/c1-21-20-24(22-9-13-4-3-5-17(27-2)19(13)26)15(11-29-20)12-6-7-16-14(8-12)23-18(25)10-28-16/h3-9,11,26H,10H2,1-2H3,(H,23,25). The second-order valence-electron chi connectivity index (χ2n) is 6.13. The van der Waals surface area contributed by atoms with E-state index in [9.17, 15) is 9.90 Å². The first-order valence-corrected chi connectivity index (χ1v) is 9.59. The number of para-hydroxylation sites is 1. The number of methoxy groups -OCH3 is 1. The van der Waals surface area contributed by atoms with E-state index in [0.29, 0.717) is 27.6 Å². The van der Waals surface area contributed by atoms with Crippen molar-refractivity contribution in [3.8, 4) is 28.5 Å². The lowest BCUT2D eigenvalue weighted by Gasteiger charge is -2.18. The van der Waals surface area contributed by atoms with Gasteiger partial charge in [-0.05, 0) is 30.3 Å². The van der Waals surface area contributed by atoms with Crippen LogP contribution in [-0.2, 0) is 4.79 Å². The molecule has 2 N–H and O–H groups in total. The van der Waals surface area contributed by atoms with Crippen molar-refractivity contribution < 1.29 is 19.4 Å². The smallest absolute Gasteiger partial charge is 0.262 e. The number of amides is 1. The van der Waals surface area contributed by atoms with Crippen molar-refractivity contribution in [1.82, 2.24) is 4.68 Å². The number of fused-ring (bicyclic) bond motifs is 1. The number of hydrogen-bond acceptors (Lipinski definition) is 7. The number of phenolic OH excluding ortho intramolecular Hbond substituents is 1. The zero-order chi connectivity index (χ0) is 20.4. The Morgan fingerprint density at radius 1 is 1.34 bits per heavy atom. The molecular formula is C20H18N4O4S.